The fraction of sp³-hybridized carbons (Fsp3) is 0.304. The Kier molecular flexibility index (Phi) is 4.46. The topological polar surface area (TPSA) is 59.7 Å². The molecule has 1 aliphatic heterocycles. The van der Waals surface area contributed by atoms with Gasteiger partial charge in [0.2, 0.25) is 0 Å². The maximum Gasteiger partial charge on any atom is 0.148 e. The van der Waals surface area contributed by atoms with Crippen molar-refractivity contribution in [2.75, 3.05) is 18.0 Å². The molecule has 4 aromatic rings. The maximum atomic E-state index is 4.91. The summed E-state index contributed by atoms with van der Waals surface area (Å²) in [7, 11) is 0. The van der Waals surface area contributed by atoms with E-state index in [0.717, 1.165) is 58.3 Å². The van der Waals surface area contributed by atoms with E-state index in [0.29, 0.717) is 0 Å². The van der Waals surface area contributed by atoms with Gasteiger partial charge in [-0.15, -0.1) is 0 Å². The second kappa shape index (κ2) is 7.28. The van der Waals surface area contributed by atoms with Gasteiger partial charge in [-0.1, -0.05) is 6.07 Å². The Morgan fingerprint density at radius 2 is 1.69 bits per heavy atom. The van der Waals surface area contributed by atoms with Gasteiger partial charge in [0.15, 0.2) is 0 Å². The SMILES string of the molecule is Cc1ccc(-n2c(-c3cnc(N4CCCCC4)cc3C)nc3ccncc32)nc1. The average molecular weight is 384 g/mol. The summed E-state index contributed by atoms with van der Waals surface area (Å²) >= 11 is 0. The van der Waals surface area contributed by atoms with Crippen LogP contribution in [-0.4, -0.2) is 37.6 Å². The fourth-order valence-electron chi connectivity index (χ4n) is 4.00. The van der Waals surface area contributed by atoms with Crippen LogP contribution in [0.15, 0.2) is 49.1 Å². The molecule has 0 unspecified atom stereocenters. The predicted molar refractivity (Wildman–Crippen MR) is 115 cm³/mol. The van der Waals surface area contributed by atoms with Crippen LogP contribution in [0.1, 0.15) is 30.4 Å². The average Bonchev–Trinajstić information content (AvgIpc) is 3.14. The number of hydrogen-bond donors (Lipinski definition) is 0. The van der Waals surface area contributed by atoms with E-state index < -0.39 is 0 Å². The number of imidazole rings is 1. The van der Waals surface area contributed by atoms with Gasteiger partial charge in [0, 0.05) is 37.2 Å². The highest BCUT2D eigenvalue weighted by Gasteiger charge is 2.19. The Bertz CT molecular complexity index is 1160. The van der Waals surface area contributed by atoms with Gasteiger partial charge in [0.1, 0.15) is 17.5 Å². The lowest BCUT2D eigenvalue weighted by Crippen LogP contribution is -2.30. The standard InChI is InChI=1S/C23H24N6/c1-16-6-7-21(25-13-16)29-20-15-24-9-8-19(20)27-23(29)18-14-26-22(12-17(18)2)28-10-4-3-5-11-28/h6-9,12-15H,3-5,10-11H2,1-2H3. The smallest absolute Gasteiger partial charge is 0.148 e. The van der Waals surface area contributed by atoms with Crippen LogP contribution in [0.25, 0.3) is 28.2 Å². The Balaban J connectivity index is 1.65. The molecule has 0 radical (unpaired) electrons. The lowest BCUT2D eigenvalue weighted by atomic mass is 10.1. The molecule has 0 spiro atoms. The van der Waals surface area contributed by atoms with Gasteiger partial charge in [-0.25, -0.2) is 15.0 Å². The van der Waals surface area contributed by atoms with Crippen LogP contribution in [0.5, 0.6) is 0 Å². The van der Waals surface area contributed by atoms with Gasteiger partial charge in [-0.2, -0.15) is 0 Å². The van der Waals surface area contributed by atoms with Crippen molar-refractivity contribution in [3.8, 4) is 17.2 Å². The van der Waals surface area contributed by atoms with Gasteiger partial charge in [0.05, 0.1) is 17.2 Å². The molecule has 1 saturated heterocycles. The number of anilines is 1. The van der Waals surface area contributed by atoms with Crippen LogP contribution < -0.4 is 4.90 Å². The second-order valence-corrected chi connectivity index (χ2v) is 7.73. The summed E-state index contributed by atoms with van der Waals surface area (Å²) in [4.78, 5) is 21.0. The largest absolute Gasteiger partial charge is 0.357 e. The second-order valence-electron chi connectivity index (χ2n) is 7.73. The first-order valence-electron chi connectivity index (χ1n) is 10.2. The normalized spacial score (nSPS) is 14.5. The van der Waals surface area contributed by atoms with Crippen LogP contribution in [0.2, 0.25) is 0 Å². The van der Waals surface area contributed by atoms with Crippen molar-refractivity contribution in [3.63, 3.8) is 0 Å². The first-order chi connectivity index (χ1) is 14.2. The number of rotatable bonds is 3. The van der Waals surface area contributed by atoms with E-state index in [4.69, 9.17) is 9.97 Å². The van der Waals surface area contributed by atoms with Crippen molar-refractivity contribution in [2.24, 2.45) is 0 Å². The molecule has 0 atom stereocenters. The maximum absolute atomic E-state index is 4.91. The van der Waals surface area contributed by atoms with E-state index in [1.54, 1.807) is 6.20 Å². The van der Waals surface area contributed by atoms with Crippen LogP contribution in [0.4, 0.5) is 5.82 Å². The summed E-state index contributed by atoms with van der Waals surface area (Å²) in [5.41, 5.74) is 5.15. The van der Waals surface area contributed by atoms with Crippen LogP contribution in [-0.2, 0) is 0 Å². The van der Waals surface area contributed by atoms with E-state index >= 15 is 0 Å². The van der Waals surface area contributed by atoms with Gasteiger partial charge >= 0.3 is 0 Å². The van der Waals surface area contributed by atoms with Crippen molar-refractivity contribution in [3.05, 3.63) is 60.2 Å². The number of nitrogens with zero attached hydrogens (tertiary/aromatic N) is 6. The monoisotopic (exact) mass is 384 g/mol. The molecule has 0 aromatic carbocycles. The van der Waals surface area contributed by atoms with Gasteiger partial charge in [0.25, 0.3) is 0 Å². The van der Waals surface area contributed by atoms with Crippen molar-refractivity contribution < 1.29 is 0 Å². The van der Waals surface area contributed by atoms with Crippen LogP contribution >= 0.6 is 0 Å². The quantitative estimate of drug-likeness (QED) is 0.521. The molecule has 0 aliphatic carbocycles. The van der Waals surface area contributed by atoms with Gasteiger partial charge in [-0.3, -0.25) is 9.55 Å². The highest BCUT2D eigenvalue weighted by molar-refractivity contribution is 5.82. The summed E-state index contributed by atoms with van der Waals surface area (Å²) in [6.07, 6.45) is 11.3. The summed E-state index contributed by atoms with van der Waals surface area (Å²) in [6, 6.07) is 8.22. The number of fused-ring (bicyclic) bond motifs is 1. The van der Waals surface area contributed by atoms with Crippen LogP contribution in [0.3, 0.4) is 0 Å². The first-order valence-corrected chi connectivity index (χ1v) is 10.2. The Morgan fingerprint density at radius 1 is 0.862 bits per heavy atom. The molecule has 6 heteroatoms. The molecule has 1 aliphatic rings. The third-order valence-corrected chi connectivity index (χ3v) is 5.60. The van der Waals surface area contributed by atoms with Crippen molar-refractivity contribution in [1.29, 1.82) is 0 Å². The molecule has 0 saturated carbocycles. The zero-order valence-corrected chi connectivity index (χ0v) is 16.8. The molecule has 4 aromatic heterocycles. The third kappa shape index (κ3) is 3.24. The first kappa shape index (κ1) is 17.8. The zero-order chi connectivity index (χ0) is 19.8. The molecule has 29 heavy (non-hydrogen) atoms. The Morgan fingerprint density at radius 3 is 2.45 bits per heavy atom. The van der Waals surface area contributed by atoms with Crippen molar-refractivity contribution in [2.45, 2.75) is 33.1 Å². The molecule has 0 N–H and O–H groups in total. The highest BCUT2D eigenvalue weighted by atomic mass is 15.2. The number of hydrogen-bond acceptors (Lipinski definition) is 5. The minimum atomic E-state index is 0.834. The lowest BCUT2D eigenvalue weighted by Gasteiger charge is -2.28. The van der Waals surface area contributed by atoms with Gasteiger partial charge < -0.3 is 4.90 Å². The number of aromatic nitrogens is 5. The molecule has 0 amide bonds. The minimum Gasteiger partial charge on any atom is -0.357 e. The molecule has 0 bridgehead atoms. The van der Waals surface area contributed by atoms with E-state index in [2.05, 4.69) is 38.5 Å². The highest BCUT2D eigenvalue weighted by Crippen LogP contribution is 2.31. The van der Waals surface area contributed by atoms with E-state index in [1.807, 2.05) is 37.6 Å². The van der Waals surface area contributed by atoms with E-state index in [1.165, 1.54) is 19.3 Å². The molecule has 6 nitrogen and oxygen atoms in total. The van der Waals surface area contributed by atoms with Gasteiger partial charge in [-0.05, 0) is 62.4 Å². The molecule has 5 heterocycles. The predicted octanol–water partition coefficient (Wildman–Crippen LogP) is 4.48. The fourth-order valence-corrected chi connectivity index (χ4v) is 4.00. The lowest BCUT2D eigenvalue weighted by molar-refractivity contribution is 0.573. The molecular weight excluding hydrogens is 360 g/mol. The number of piperidine rings is 1. The molecule has 5 rings (SSSR count). The number of aryl methyl sites for hydroxylation is 2. The summed E-state index contributed by atoms with van der Waals surface area (Å²) < 4.78 is 2.08. The Hall–Kier alpha value is -3.28. The summed E-state index contributed by atoms with van der Waals surface area (Å²) in [6.45, 7) is 6.35. The molecular formula is C23H24N6. The molecule has 1 fully saturated rings. The minimum absolute atomic E-state index is 0.834. The van der Waals surface area contributed by atoms with E-state index in [-0.39, 0.29) is 0 Å². The van der Waals surface area contributed by atoms with Crippen molar-refractivity contribution in [1.82, 2.24) is 24.5 Å². The zero-order valence-electron chi connectivity index (χ0n) is 16.8. The number of pyridine rings is 3. The molecule has 146 valence electrons. The Labute approximate surface area is 170 Å². The summed E-state index contributed by atoms with van der Waals surface area (Å²) in [5.74, 6) is 2.74. The van der Waals surface area contributed by atoms with Crippen LogP contribution in [0, 0.1) is 13.8 Å². The van der Waals surface area contributed by atoms with Crippen molar-refractivity contribution >= 4 is 16.9 Å². The van der Waals surface area contributed by atoms with E-state index in [9.17, 15) is 0 Å². The third-order valence-electron chi connectivity index (χ3n) is 5.60. The summed E-state index contributed by atoms with van der Waals surface area (Å²) in [5, 5.41) is 0.